The van der Waals surface area contributed by atoms with Crippen molar-refractivity contribution in [3.8, 4) is 0 Å². The van der Waals surface area contributed by atoms with Crippen LogP contribution >= 0.6 is 0 Å². The Morgan fingerprint density at radius 3 is 2.61 bits per heavy atom. The molecule has 0 unspecified atom stereocenters. The Bertz CT molecular complexity index is 431. The number of benzene rings is 1. The third-order valence-corrected chi connectivity index (χ3v) is 3.94. The van der Waals surface area contributed by atoms with E-state index < -0.39 is 0 Å². The highest BCUT2D eigenvalue weighted by atomic mass is 16.1. The molecule has 1 aliphatic heterocycles. The standard InChI is InChI=1S/C16H23NO/c1-12-6-8-17(9-7-12)11-16(18)15-10-13(2)4-5-14(15)3/h4-5,10,12H,6-9,11H2,1-3H3. The van der Waals surface area contributed by atoms with Crippen LogP contribution in [-0.2, 0) is 0 Å². The highest BCUT2D eigenvalue weighted by Crippen LogP contribution is 2.17. The fourth-order valence-corrected chi connectivity index (χ4v) is 2.54. The lowest BCUT2D eigenvalue weighted by atomic mass is 9.97. The van der Waals surface area contributed by atoms with Gasteiger partial charge in [0.2, 0.25) is 0 Å². The molecular weight excluding hydrogens is 222 g/mol. The summed E-state index contributed by atoms with van der Waals surface area (Å²) in [5.41, 5.74) is 3.15. The van der Waals surface area contributed by atoms with Crippen LogP contribution in [0.4, 0.5) is 0 Å². The number of ketones is 1. The summed E-state index contributed by atoms with van der Waals surface area (Å²) >= 11 is 0. The van der Waals surface area contributed by atoms with Gasteiger partial charge in [-0.2, -0.15) is 0 Å². The van der Waals surface area contributed by atoms with E-state index in [-0.39, 0.29) is 5.78 Å². The van der Waals surface area contributed by atoms with Crippen LogP contribution < -0.4 is 0 Å². The maximum atomic E-state index is 12.3. The number of rotatable bonds is 3. The van der Waals surface area contributed by atoms with Crippen molar-refractivity contribution in [3.05, 3.63) is 34.9 Å². The topological polar surface area (TPSA) is 20.3 Å². The lowest BCUT2D eigenvalue weighted by Gasteiger charge is -2.29. The predicted octanol–water partition coefficient (Wildman–Crippen LogP) is 3.22. The Morgan fingerprint density at radius 2 is 1.94 bits per heavy atom. The summed E-state index contributed by atoms with van der Waals surface area (Å²) in [6.07, 6.45) is 2.44. The first-order valence-electron chi connectivity index (χ1n) is 6.89. The molecule has 1 heterocycles. The number of aryl methyl sites for hydroxylation is 2. The van der Waals surface area contributed by atoms with Gasteiger partial charge in [0.1, 0.15) is 0 Å². The Balaban J connectivity index is 2.01. The second kappa shape index (κ2) is 5.66. The van der Waals surface area contributed by atoms with Crippen molar-refractivity contribution in [1.82, 2.24) is 4.90 Å². The van der Waals surface area contributed by atoms with Crippen molar-refractivity contribution in [3.63, 3.8) is 0 Å². The normalized spacial score (nSPS) is 17.9. The molecule has 0 N–H and O–H groups in total. The summed E-state index contributed by atoms with van der Waals surface area (Å²) in [5.74, 6) is 1.09. The molecule has 2 nitrogen and oxygen atoms in total. The van der Waals surface area contributed by atoms with E-state index in [4.69, 9.17) is 0 Å². The minimum Gasteiger partial charge on any atom is -0.296 e. The fraction of sp³-hybridized carbons (Fsp3) is 0.562. The number of piperidine rings is 1. The van der Waals surface area contributed by atoms with Crippen LogP contribution in [0, 0.1) is 19.8 Å². The molecule has 2 heteroatoms. The first kappa shape index (κ1) is 13.3. The molecule has 0 spiro atoms. The molecule has 0 saturated carbocycles. The van der Waals surface area contributed by atoms with E-state index in [0.29, 0.717) is 6.54 Å². The number of hydrogen-bond donors (Lipinski definition) is 0. The van der Waals surface area contributed by atoms with Gasteiger partial charge in [-0.05, 0) is 57.3 Å². The van der Waals surface area contributed by atoms with Gasteiger partial charge < -0.3 is 0 Å². The van der Waals surface area contributed by atoms with E-state index in [1.807, 2.05) is 26.0 Å². The van der Waals surface area contributed by atoms with E-state index in [2.05, 4.69) is 17.9 Å². The molecule has 0 aliphatic carbocycles. The number of hydrogen-bond acceptors (Lipinski definition) is 2. The van der Waals surface area contributed by atoms with Crippen LogP contribution in [0.5, 0.6) is 0 Å². The molecule has 2 rings (SSSR count). The summed E-state index contributed by atoms with van der Waals surface area (Å²) in [7, 11) is 0. The lowest BCUT2D eigenvalue weighted by Crippen LogP contribution is -2.36. The lowest BCUT2D eigenvalue weighted by molar-refractivity contribution is 0.0899. The fourth-order valence-electron chi connectivity index (χ4n) is 2.54. The van der Waals surface area contributed by atoms with Gasteiger partial charge in [-0.1, -0.05) is 24.6 Å². The summed E-state index contributed by atoms with van der Waals surface area (Å²) < 4.78 is 0. The SMILES string of the molecule is Cc1ccc(C)c(C(=O)CN2CCC(C)CC2)c1. The molecule has 1 aromatic rings. The Labute approximate surface area is 110 Å². The summed E-state index contributed by atoms with van der Waals surface area (Å²) in [4.78, 5) is 14.6. The average Bonchev–Trinajstić information content (AvgIpc) is 2.35. The maximum absolute atomic E-state index is 12.3. The van der Waals surface area contributed by atoms with Crippen LogP contribution in [0.15, 0.2) is 18.2 Å². The molecule has 18 heavy (non-hydrogen) atoms. The van der Waals surface area contributed by atoms with Gasteiger partial charge in [0.25, 0.3) is 0 Å². The Kier molecular flexibility index (Phi) is 4.18. The summed E-state index contributed by atoms with van der Waals surface area (Å²) in [6.45, 7) is 9.07. The van der Waals surface area contributed by atoms with Crippen molar-refractivity contribution in [2.45, 2.75) is 33.6 Å². The van der Waals surface area contributed by atoms with Crippen LogP contribution in [-0.4, -0.2) is 30.3 Å². The second-order valence-corrected chi connectivity index (χ2v) is 5.70. The van der Waals surface area contributed by atoms with Crippen LogP contribution in [0.1, 0.15) is 41.3 Å². The van der Waals surface area contributed by atoms with Crippen LogP contribution in [0.2, 0.25) is 0 Å². The van der Waals surface area contributed by atoms with Crippen molar-refractivity contribution < 1.29 is 4.79 Å². The van der Waals surface area contributed by atoms with Gasteiger partial charge in [-0.25, -0.2) is 0 Å². The predicted molar refractivity (Wildman–Crippen MR) is 75.1 cm³/mol. The molecule has 0 bridgehead atoms. The molecule has 98 valence electrons. The van der Waals surface area contributed by atoms with E-state index in [0.717, 1.165) is 35.7 Å². The van der Waals surface area contributed by atoms with Gasteiger partial charge in [-0.15, -0.1) is 0 Å². The van der Waals surface area contributed by atoms with Gasteiger partial charge in [0, 0.05) is 5.56 Å². The van der Waals surface area contributed by atoms with Crippen molar-refractivity contribution in [2.24, 2.45) is 5.92 Å². The third kappa shape index (κ3) is 3.20. The molecule has 0 radical (unpaired) electrons. The highest BCUT2D eigenvalue weighted by Gasteiger charge is 2.19. The number of likely N-dealkylation sites (tertiary alicyclic amines) is 1. The van der Waals surface area contributed by atoms with Crippen molar-refractivity contribution in [1.29, 1.82) is 0 Å². The molecule has 1 saturated heterocycles. The summed E-state index contributed by atoms with van der Waals surface area (Å²) in [5, 5.41) is 0. The van der Waals surface area contributed by atoms with E-state index >= 15 is 0 Å². The van der Waals surface area contributed by atoms with Crippen LogP contribution in [0.3, 0.4) is 0 Å². The van der Waals surface area contributed by atoms with Gasteiger partial charge >= 0.3 is 0 Å². The van der Waals surface area contributed by atoms with Gasteiger partial charge in [-0.3, -0.25) is 9.69 Å². The minimum atomic E-state index is 0.269. The molecule has 0 amide bonds. The molecule has 0 aromatic heterocycles. The molecule has 1 aliphatic rings. The highest BCUT2D eigenvalue weighted by molar-refractivity contribution is 5.99. The second-order valence-electron chi connectivity index (χ2n) is 5.70. The van der Waals surface area contributed by atoms with Gasteiger partial charge in [0.05, 0.1) is 6.54 Å². The largest absolute Gasteiger partial charge is 0.296 e. The zero-order valence-corrected chi connectivity index (χ0v) is 11.7. The van der Waals surface area contributed by atoms with E-state index in [1.54, 1.807) is 0 Å². The smallest absolute Gasteiger partial charge is 0.177 e. The average molecular weight is 245 g/mol. The monoisotopic (exact) mass is 245 g/mol. The Morgan fingerprint density at radius 1 is 1.28 bits per heavy atom. The first-order chi connectivity index (χ1) is 8.56. The third-order valence-electron chi connectivity index (χ3n) is 3.94. The number of nitrogens with zero attached hydrogens (tertiary/aromatic N) is 1. The minimum absolute atomic E-state index is 0.269. The number of carbonyl (C=O) groups excluding carboxylic acids is 1. The van der Waals surface area contributed by atoms with Crippen LogP contribution in [0.25, 0.3) is 0 Å². The molecular formula is C16H23NO. The first-order valence-corrected chi connectivity index (χ1v) is 6.89. The molecule has 1 aromatic carbocycles. The quantitative estimate of drug-likeness (QED) is 0.762. The summed E-state index contributed by atoms with van der Waals surface area (Å²) in [6, 6.07) is 6.12. The van der Waals surface area contributed by atoms with E-state index in [9.17, 15) is 4.79 Å². The maximum Gasteiger partial charge on any atom is 0.177 e. The number of Topliss-reactive ketones (excluding diaryl/α,β-unsaturated/α-hetero) is 1. The van der Waals surface area contributed by atoms with E-state index in [1.165, 1.54) is 12.8 Å². The van der Waals surface area contributed by atoms with Crippen molar-refractivity contribution in [2.75, 3.05) is 19.6 Å². The number of carbonyl (C=O) groups is 1. The molecule has 1 fully saturated rings. The van der Waals surface area contributed by atoms with Gasteiger partial charge in [0.15, 0.2) is 5.78 Å². The molecule has 0 atom stereocenters. The Hall–Kier alpha value is -1.15. The van der Waals surface area contributed by atoms with Crippen molar-refractivity contribution >= 4 is 5.78 Å². The zero-order chi connectivity index (χ0) is 13.1. The zero-order valence-electron chi connectivity index (χ0n) is 11.7.